The highest BCUT2D eigenvalue weighted by molar-refractivity contribution is 6.46. The topological polar surface area (TPSA) is 79.3 Å². The zero-order valence-electron chi connectivity index (χ0n) is 19.9. The number of benzene rings is 2. The van der Waals surface area contributed by atoms with E-state index in [1.54, 1.807) is 36.4 Å². The number of likely N-dealkylation sites (tertiary alicyclic amines) is 1. The zero-order valence-corrected chi connectivity index (χ0v) is 19.9. The Kier molecular flexibility index (Phi) is 8.15. The van der Waals surface area contributed by atoms with E-state index < -0.39 is 23.5 Å². The monoisotopic (exact) mass is 482 g/mol. The molecule has 2 aliphatic rings. The van der Waals surface area contributed by atoms with Crippen LogP contribution in [0.3, 0.4) is 0 Å². The number of nitrogens with zero attached hydrogens (tertiary/aromatic N) is 2. The van der Waals surface area contributed by atoms with E-state index in [1.165, 1.54) is 17.0 Å². The summed E-state index contributed by atoms with van der Waals surface area (Å²) < 4.78 is 24.8. The minimum absolute atomic E-state index is 0.00528. The third-order valence-electron chi connectivity index (χ3n) is 6.36. The van der Waals surface area contributed by atoms with Gasteiger partial charge < -0.3 is 19.5 Å². The van der Waals surface area contributed by atoms with Gasteiger partial charge in [0.1, 0.15) is 17.3 Å². The number of hydrogen-bond donors (Lipinski definition) is 1. The lowest BCUT2D eigenvalue weighted by Gasteiger charge is -2.31. The number of hydrogen-bond acceptors (Lipinski definition) is 6. The van der Waals surface area contributed by atoms with Crippen molar-refractivity contribution in [1.29, 1.82) is 0 Å². The van der Waals surface area contributed by atoms with Crippen molar-refractivity contribution in [2.45, 2.75) is 25.8 Å². The van der Waals surface area contributed by atoms with Gasteiger partial charge in [0.2, 0.25) is 0 Å². The molecule has 1 N–H and O–H groups in total. The van der Waals surface area contributed by atoms with Crippen LogP contribution in [0.1, 0.15) is 36.9 Å². The smallest absolute Gasteiger partial charge is 0.295 e. The molecular formula is C27H31FN2O5. The molecule has 1 atom stereocenters. The van der Waals surface area contributed by atoms with Gasteiger partial charge in [0.15, 0.2) is 0 Å². The first-order valence-electron chi connectivity index (χ1n) is 12.1. The summed E-state index contributed by atoms with van der Waals surface area (Å²) in [6.45, 7) is 6.21. The van der Waals surface area contributed by atoms with Gasteiger partial charge in [0, 0.05) is 31.7 Å². The number of aliphatic hydroxyl groups is 1. The lowest BCUT2D eigenvalue weighted by molar-refractivity contribution is -0.140. The molecular weight excluding hydrogens is 451 g/mol. The summed E-state index contributed by atoms with van der Waals surface area (Å²) in [4.78, 5) is 29.9. The zero-order chi connectivity index (χ0) is 24.8. The van der Waals surface area contributed by atoms with E-state index in [1.807, 2.05) is 0 Å². The van der Waals surface area contributed by atoms with Gasteiger partial charge in [0.05, 0.1) is 31.4 Å². The van der Waals surface area contributed by atoms with Crippen LogP contribution in [0.5, 0.6) is 5.75 Å². The summed E-state index contributed by atoms with van der Waals surface area (Å²) >= 11 is 0. The van der Waals surface area contributed by atoms with Crippen LogP contribution in [0.25, 0.3) is 5.76 Å². The largest absolute Gasteiger partial charge is 0.507 e. The Morgan fingerprint density at radius 3 is 2.57 bits per heavy atom. The second-order valence-electron chi connectivity index (χ2n) is 8.73. The first-order valence-corrected chi connectivity index (χ1v) is 12.1. The highest BCUT2D eigenvalue weighted by Gasteiger charge is 2.46. The molecule has 1 unspecified atom stereocenters. The van der Waals surface area contributed by atoms with E-state index in [2.05, 4.69) is 11.8 Å². The molecule has 0 radical (unpaired) electrons. The van der Waals surface area contributed by atoms with Crippen molar-refractivity contribution < 1.29 is 28.6 Å². The molecule has 1 amide bonds. The number of unbranched alkanes of at least 4 members (excludes halogenated alkanes) is 1. The van der Waals surface area contributed by atoms with Gasteiger partial charge in [-0.3, -0.25) is 14.5 Å². The predicted molar refractivity (Wildman–Crippen MR) is 130 cm³/mol. The average molecular weight is 483 g/mol. The molecule has 2 saturated heterocycles. The normalized spacial score (nSPS) is 20.4. The Labute approximate surface area is 204 Å². The molecule has 2 heterocycles. The number of rotatable bonds is 9. The van der Waals surface area contributed by atoms with E-state index in [0.29, 0.717) is 49.8 Å². The Morgan fingerprint density at radius 2 is 1.86 bits per heavy atom. The van der Waals surface area contributed by atoms with E-state index in [9.17, 15) is 19.1 Å². The number of morpholine rings is 1. The number of Topliss-reactive ketones (excluding diaryl/α,β-unsaturated/α-hetero) is 1. The van der Waals surface area contributed by atoms with Gasteiger partial charge in [-0.25, -0.2) is 4.39 Å². The minimum Gasteiger partial charge on any atom is -0.507 e. The minimum atomic E-state index is -0.818. The van der Waals surface area contributed by atoms with Crippen LogP contribution in [-0.2, 0) is 14.3 Å². The molecule has 2 fully saturated rings. The van der Waals surface area contributed by atoms with Gasteiger partial charge >= 0.3 is 0 Å². The fraction of sp³-hybridized carbons (Fsp3) is 0.407. The van der Waals surface area contributed by atoms with Crippen LogP contribution in [0.2, 0.25) is 0 Å². The Balaban J connectivity index is 1.68. The van der Waals surface area contributed by atoms with Gasteiger partial charge in [0.25, 0.3) is 11.7 Å². The van der Waals surface area contributed by atoms with Crippen LogP contribution in [-0.4, -0.2) is 72.6 Å². The van der Waals surface area contributed by atoms with Gasteiger partial charge in [-0.05, 0) is 36.2 Å². The lowest BCUT2D eigenvalue weighted by atomic mass is 9.95. The average Bonchev–Trinajstić information content (AvgIpc) is 3.13. The van der Waals surface area contributed by atoms with Crippen molar-refractivity contribution >= 4 is 17.4 Å². The molecule has 4 rings (SSSR count). The van der Waals surface area contributed by atoms with Crippen LogP contribution in [0.4, 0.5) is 4.39 Å². The third kappa shape index (κ3) is 5.71. The fourth-order valence-corrected chi connectivity index (χ4v) is 4.40. The summed E-state index contributed by atoms with van der Waals surface area (Å²) in [5, 5.41) is 11.2. The van der Waals surface area contributed by atoms with Crippen molar-refractivity contribution in [2.75, 3.05) is 46.0 Å². The summed E-state index contributed by atoms with van der Waals surface area (Å²) in [5.74, 6) is -1.55. The standard InChI is InChI=1S/C27H31FN2O5/c1-2-3-15-35-22-6-4-5-20(18-22)25(31)23-24(19-7-9-21(28)10-8-19)30(27(33)26(23)32)12-11-29-13-16-34-17-14-29/h4-10,18,24,31H,2-3,11-17H2,1H3. The van der Waals surface area contributed by atoms with Crippen molar-refractivity contribution in [2.24, 2.45) is 0 Å². The summed E-state index contributed by atoms with van der Waals surface area (Å²) in [5.41, 5.74) is 0.941. The van der Waals surface area contributed by atoms with Crippen LogP contribution in [0.15, 0.2) is 54.1 Å². The van der Waals surface area contributed by atoms with Crippen molar-refractivity contribution in [3.63, 3.8) is 0 Å². The Bertz CT molecular complexity index is 1080. The first kappa shape index (κ1) is 24.9. The molecule has 0 saturated carbocycles. The fourth-order valence-electron chi connectivity index (χ4n) is 4.40. The molecule has 8 heteroatoms. The van der Waals surface area contributed by atoms with Gasteiger partial charge in [-0.2, -0.15) is 0 Å². The second kappa shape index (κ2) is 11.5. The predicted octanol–water partition coefficient (Wildman–Crippen LogP) is 3.76. The molecule has 0 aromatic heterocycles. The number of ketones is 1. The van der Waals surface area contributed by atoms with Crippen molar-refractivity contribution in [1.82, 2.24) is 9.80 Å². The highest BCUT2D eigenvalue weighted by atomic mass is 19.1. The summed E-state index contributed by atoms with van der Waals surface area (Å²) in [6.07, 6.45) is 1.89. The molecule has 0 spiro atoms. The van der Waals surface area contributed by atoms with Crippen LogP contribution >= 0.6 is 0 Å². The molecule has 7 nitrogen and oxygen atoms in total. The molecule has 35 heavy (non-hydrogen) atoms. The number of amides is 1. The third-order valence-corrected chi connectivity index (χ3v) is 6.36. The van der Waals surface area contributed by atoms with Crippen LogP contribution in [0, 0.1) is 5.82 Å². The highest BCUT2D eigenvalue weighted by Crippen LogP contribution is 2.39. The number of carbonyl (C=O) groups excluding carboxylic acids is 2. The van der Waals surface area contributed by atoms with E-state index in [4.69, 9.17) is 9.47 Å². The second-order valence-corrected chi connectivity index (χ2v) is 8.73. The maximum atomic E-state index is 13.7. The number of ether oxygens (including phenoxy) is 2. The maximum absolute atomic E-state index is 13.7. The van der Waals surface area contributed by atoms with Gasteiger partial charge in [-0.1, -0.05) is 37.6 Å². The van der Waals surface area contributed by atoms with E-state index in [-0.39, 0.29) is 11.3 Å². The number of halogens is 1. The molecule has 2 aromatic rings. The lowest BCUT2D eigenvalue weighted by Crippen LogP contribution is -2.42. The molecule has 0 aliphatic carbocycles. The quantitative estimate of drug-likeness (QED) is 0.254. The van der Waals surface area contributed by atoms with Crippen molar-refractivity contribution in [3.05, 3.63) is 71.0 Å². The van der Waals surface area contributed by atoms with E-state index in [0.717, 1.165) is 25.9 Å². The molecule has 2 aliphatic heterocycles. The van der Waals surface area contributed by atoms with Gasteiger partial charge in [-0.15, -0.1) is 0 Å². The summed E-state index contributed by atoms with van der Waals surface area (Å²) in [6, 6.07) is 11.7. The maximum Gasteiger partial charge on any atom is 0.295 e. The first-order chi connectivity index (χ1) is 17.0. The van der Waals surface area contributed by atoms with Crippen LogP contribution < -0.4 is 4.74 Å². The van der Waals surface area contributed by atoms with Crippen molar-refractivity contribution in [3.8, 4) is 5.75 Å². The Hall–Kier alpha value is -3.23. The summed E-state index contributed by atoms with van der Waals surface area (Å²) in [7, 11) is 0. The number of carbonyl (C=O) groups is 2. The number of aliphatic hydroxyl groups excluding tert-OH is 1. The van der Waals surface area contributed by atoms with E-state index >= 15 is 0 Å². The Morgan fingerprint density at radius 1 is 1.11 bits per heavy atom. The molecule has 0 bridgehead atoms. The molecule has 2 aromatic carbocycles. The molecule has 186 valence electrons. The SMILES string of the molecule is CCCCOc1cccc(C(O)=C2C(=O)C(=O)N(CCN3CCOCC3)C2c2ccc(F)cc2)c1.